The summed E-state index contributed by atoms with van der Waals surface area (Å²) in [6, 6.07) is 18.5. The van der Waals surface area contributed by atoms with Crippen LogP contribution in [0.3, 0.4) is 0 Å². The first-order valence-corrected chi connectivity index (χ1v) is 9.88. The lowest BCUT2D eigenvalue weighted by Gasteiger charge is -2.14. The Balaban J connectivity index is 2.03. The highest BCUT2D eigenvalue weighted by Crippen LogP contribution is 2.28. The Hall–Kier alpha value is -3.03. The van der Waals surface area contributed by atoms with Crippen molar-refractivity contribution < 1.29 is 4.40 Å². The Morgan fingerprint density at radius 1 is 1.14 bits per heavy atom. The van der Waals surface area contributed by atoms with Gasteiger partial charge in [-0.15, -0.1) is 0 Å². The van der Waals surface area contributed by atoms with Gasteiger partial charge in [0.25, 0.3) is 0 Å². The summed E-state index contributed by atoms with van der Waals surface area (Å²) >= 11 is 6.06. The highest BCUT2D eigenvalue weighted by molar-refractivity contribution is 6.30. The molecule has 0 unspecified atom stereocenters. The second-order valence-electron chi connectivity index (χ2n) is 7.00. The van der Waals surface area contributed by atoms with E-state index in [0.717, 1.165) is 63.6 Å². The molecule has 0 bridgehead atoms. The number of nitriles is 1. The summed E-state index contributed by atoms with van der Waals surface area (Å²) in [5.41, 5.74) is 6.89. The number of para-hydroxylation sites is 2. The molecule has 0 spiro atoms. The third-order valence-electron chi connectivity index (χ3n) is 5.14. The standard InChI is InChI=1S/C23H21ClN4/c1-3-12-26-22-18(13-16-8-10-17(24)11-9-16)15(2)19(14-25)23-27-20-6-4-5-7-21(20)28(22)23/h4-11H,3,12-13H2,1-2H3,(H,26,27)/p+1. The van der Waals surface area contributed by atoms with E-state index in [1.54, 1.807) is 0 Å². The lowest BCUT2D eigenvalue weighted by atomic mass is 9.97. The fraction of sp³-hybridized carbons (Fsp3) is 0.217. The Morgan fingerprint density at radius 3 is 2.61 bits per heavy atom. The molecule has 0 aliphatic rings. The number of halogens is 1. The molecule has 4 nitrogen and oxygen atoms in total. The van der Waals surface area contributed by atoms with Crippen LogP contribution in [0.25, 0.3) is 16.7 Å². The summed E-state index contributed by atoms with van der Waals surface area (Å²) in [5, 5.41) is 14.3. The van der Waals surface area contributed by atoms with Gasteiger partial charge in [0.15, 0.2) is 0 Å². The number of aromatic amines is 1. The molecular formula is C23H22ClN4+. The van der Waals surface area contributed by atoms with Crippen LogP contribution in [-0.4, -0.2) is 11.5 Å². The van der Waals surface area contributed by atoms with Crippen LogP contribution in [0.2, 0.25) is 5.02 Å². The molecular weight excluding hydrogens is 368 g/mol. The number of H-pyrrole nitrogens is 1. The van der Waals surface area contributed by atoms with E-state index in [0.29, 0.717) is 5.56 Å². The van der Waals surface area contributed by atoms with Crippen molar-refractivity contribution in [2.24, 2.45) is 0 Å². The van der Waals surface area contributed by atoms with Gasteiger partial charge in [0.2, 0.25) is 11.5 Å². The SMILES string of the molecule is CCCNc1c(Cc2ccc(Cl)cc2)c(C)c(C#N)c2[nH]c3ccccc3[n+]12. The summed E-state index contributed by atoms with van der Waals surface area (Å²) in [6.45, 7) is 5.05. The normalized spacial score (nSPS) is 11.1. The van der Waals surface area contributed by atoms with Gasteiger partial charge < -0.3 is 5.32 Å². The summed E-state index contributed by atoms with van der Waals surface area (Å²) in [5.74, 6) is 1.04. The van der Waals surface area contributed by atoms with Crippen LogP contribution < -0.4 is 9.72 Å². The zero-order valence-electron chi connectivity index (χ0n) is 16.0. The maximum absolute atomic E-state index is 9.91. The van der Waals surface area contributed by atoms with Crippen molar-refractivity contribution in [1.29, 1.82) is 5.26 Å². The molecule has 2 aromatic heterocycles. The molecule has 4 rings (SSSR count). The highest BCUT2D eigenvalue weighted by atomic mass is 35.5. The first-order chi connectivity index (χ1) is 13.6. The molecule has 0 aliphatic carbocycles. The monoisotopic (exact) mass is 389 g/mol. The van der Waals surface area contributed by atoms with Gasteiger partial charge in [0.1, 0.15) is 22.7 Å². The van der Waals surface area contributed by atoms with Gasteiger partial charge in [0.05, 0.1) is 6.54 Å². The number of nitrogens with zero attached hydrogens (tertiary/aromatic N) is 2. The van der Waals surface area contributed by atoms with Crippen LogP contribution >= 0.6 is 11.6 Å². The number of hydrogen-bond donors (Lipinski definition) is 2. The lowest BCUT2D eigenvalue weighted by Crippen LogP contribution is -2.30. The van der Waals surface area contributed by atoms with Crippen molar-refractivity contribution in [3.05, 3.63) is 75.8 Å². The maximum atomic E-state index is 9.91. The zero-order valence-corrected chi connectivity index (χ0v) is 16.8. The van der Waals surface area contributed by atoms with Gasteiger partial charge in [0, 0.05) is 17.0 Å². The van der Waals surface area contributed by atoms with Gasteiger partial charge in [-0.2, -0.15) is 9.66 Å². The topological polar surface area (TPSA) is 55.7 Å². The van der Waals surface area contributed by atoms with Crippen LogP contribution in [0, 0.1) is 18.3 Å². The predicted octanol–water partition coefficient (Wildman–Crippen LogP) is 5.15. The fourth-order valence-electron chi connectivity index (χ4n) is 3.71. The van der Waals surface area contributed by atoms with E-state index < -0.39 is 0 Å². The Morgan fingerprint density at radius 2 is 1.89 bits per heavy atom. The molecule has 0 amide bonds. The molecule has 0 fully saturated rings. The van der Waals surface area contributed by atoms with Crippen molar-refractivity contribution in [1.82, 2.24) is 4.98 Å². The number of fused-ring (bicyclic) bond motifs is 3. The number of pyridine rings is 1. The molecule has 0 saturated heterocycles. The van der Waals surface area contributed by atoms with E-state index >= 15 is 0 Å². The van der Waals surface area contributed by atoms with Crippen LogP contribution in [-0.2, 0) is 6.42 Å². The van der Waals surface area contributed by atoms with Crippen LogP contribution in [0.4, 0.5) is 5.82 Å². The number of hydrogen-bond acceptors (Lipinski definition) is 2. The Kier molecular flexibility index (Phi) is 4.93. The molecule has 28 heavy (non-hydrogen) atoms. The first kappa shape index (κ1) is 18.3. The Bertz CT molecular complexity index is 1200. The lowest BCUT2D eigenvalue weighted by molar-refractivity contribution is -0.465. The second kappa shape index (κ2) is 7.53. The number of rotatable bonds is 5. The van der Waals surface area contributed by atoms with Gasteiger partial charge in [-0.05, 0) is 48.7 Å². The molecule has 0 atom stereocenters. The second-order valence-corrected chi connectivity index (χ2v) is 7.43. The van der Waals surface area contributed by atoms with Gasteiger partial charge in [-0.3, -0.25) is 4.98 Å². The largest absolute Gasteiger partial charge is 0.305 e. The van der Waals surface area contributed by atoms with E-state index in [1.165, 1.54) is 0 Å². The molecule has 2 N–H and O–H groups in total. The molecule has 0 saturated carbocycles. The van der Waals surface area contributed by atoms with Crippen molar-refractivity contribution in [2.75, 3.05) is 11.9 Å². The third kappa shape index (κ3) is 3.08. The van der Waals surface area contributed by atoms with E-state index in [9.17, 15) is 5.26 Å². The molecule has 4 aromatic rings. The van der Waals surface area contributed by atoms with E-state index in [4.69, 9.17) is 11.6 Å². The Labute approximate surface area is 169 Å². The number of aromatic nitrogens is 2. The molecule has 5 heteroatoms. The number of anilines is 1. The molecule has 140 valence electrons. The summed E-state index contributed by atoms with van der Waals surface area (Å²) in [7, 11) is 0. The molecule has 0 aliphatic heterocycles. The van der Waals surface area contributed by atoms with Crippen LogP contribution in [0.1, 0.15) is 35.6 Å². The minimum Gasteiger partial charge on any atom is -0.305 e. The average Bonchev–Trinajstić information content (AvgIpc) is 3.08. The van der Waals surface area contributed by atoms with Crippen molar-refractivity contribution in [3.8, 4) is 6.07 Å². The van der Waals surface area contributed by atoms with Gasteiger partial charge in [-0.1, -0.05) is 42.8 Å². The summed E-state index contributed by atoms with van der Waals surface area (Å²) < 4.78 is 2.15. The van der Waals surface area contributed by atoms with E-state index in [-0.39, 0.29) is 0 Å². The molecule has 0 radical (unpaired) electrons. The highest BCUT2D eigenvalue weighted by Gasteiger charge is 2.25. The smallest absolute Gasteiger partial charge is 0.250 e. The number of benzene rings is 2. The van der Waals surface area contributed by atoms with Crippen LogP contribution in [0.15, 0.2) is 48.5 Å². The maximum Gasteiger partial charge on any atom is 0.250 e. The molecule has 2 aromatic carbocycles. The van der Waals surface area contributed by atoms with Crippen molar-refractivity contribution in [2.45, 2.75) is 26.7 Å². The van der Waals surface area contributed by atoms with E-state index in [2.05, 4.69) is 33.8 Å². The average molecular weight is 390 g/mol. The number of nitrogens with one attached hydrogen (secondary N) is 2. The zero-order chi connectivity index (χ0) is 19.7. The first-order valence-electron chi connectivity index (χ1n) is 9.50. The molecule has 2 heterocycles. The van der Waals surface area contributed by atoms with E-state index in [1.807, 2.05) is 49.4 Å². The summed E-state index contributed by atoms with van der Waals surface area (Å²) in [4.78, 5) is 3.44. The minimum absolute atomic E-state index is 0.683. The quantitative estimate of drug-likeness (QED) is 0.463. The van der Waals surface area contributed by atoms with Crippen molar-refractivity contribution in [3.63, 3.8) is 0 Å². The van der Waals surface area contributed by atoms with Crippen LogP contribution in [0.5, 0.6) is 0 Å². The predicted molar refractivity (Wildman–Crippen MR) is 114 cm³/mol. The van der Waals surface area contributed by atoms with Gasteiger partial charge >= 0.3 is 0 Å². The third-order valence-corrected chi connectivity index (χ3v) is 5.40. The van der Waals surface area contributed by atoms with Crippen molar-refractivity contribution >= 4 is 34.1 Å². The minimum atomic E-state index is 0.683. The number of imidazole rings is 1. The van der Waals surface area contributed by atoms with Gasteiger partial charge in [-0.25, -0.2) is 0 Å². The summed E-state index contributed by atoms with van der Waals surface area (Å²) in [6.07, 6.45) is 1.75. The fourth-order valence-corrected chi connectivity index (χ4v) is 3.84.